The second kappa shape index (κ2) is 6.69. The van der Waals surface area contributed by atoms with Crippen LogP contribution in [0.4, 0.5) is 23.2 Å². The summed E-state index contributed by atoms with van der Waals surface area (Å²) in [6.07, 6.45) is -4.53. The van der Waals surface area contributed by atoms with E-state index in [1.54, 1.807) is 0 Å². The summed E-state index contributed by atoms with van der Waals surface area (Å²) in [7, 11) is 0. The average Bonchev–Trinajstić information content (AvgIpc) is 2.30. The van der Waals surface area contributed by atoms with Gasteiger partial charge in [0.05, 0.1) is 11.3 Å². The number of anilines is 1. The summed E-state index contributed by atoms with van der Waals surface area (Å²) in [5, 5.41) is 5.12. The molecule has 0 spiro atoms. The minimum atomic E-state index is -4.58. The Hall–Kier alpha value is -1.63. The lowest BCUT2D eigenvalue weighted by Crippen LogP contribution is -2.27. The maximum atomic E-state index is 13.4. The predicted octanol–water partition coefficient (Wildman–Crippen LogP) is 3.17. The summed E-state index contributed by atoms with van der Waals surface area (Å²) in [5.74, 6) is -1.44. The third kappa shape index (κ3) is 5.16. The van der Waals surface area contributed by atoms with Crippen LogP contribution in [0.3, 0.4) is 0 Å². The molecular weight excluding hydrogens is 276 g/mol. The molecule has 0 unspecified atom stereocenters. The van der Waals surface area contributed by atoms with Crippen molar-refractivity contribution in [2.75, 3.05) is 11.9 Å². The van der Waals surface area contributed by atoms with Gasteiger partial charge in [-0.05, 0) is 18.2 Å². The predicted molar refractivity (Wildman–Crippen MR) is 67.8 cm³/mol. The van der Waals surface area contributed by atoms with Crippen molar-refractivity contribution in [3.05, 3.63) is 29.6 Å². The van der Waals surface area contributed by atoms with Gasteiger partial charge in [-0.3, -0.25) is 4.79 Å². The van der Waals surface area contributed by atoms with E-state index in [-0.39, 0.29) is 12.5 Å². The lowest BCUT2D eigenvalue weighted by molar-refractivity contribution is -0.137. The Morgan fingerprint density at radius 2 is 1.95 bits per heavy atom. The molecule has 0 saturated carbocycles. The maximum Gasteiger partial charge on any atom is 0.416 e. The van der Waals surface area contributed by atoms with Gasteiger partial charge in [0.25, 0.3) is 0 Å². The van der Waals surface area contributed by atoms with Crippen LogP contribution < -0.4 is 10.6 Å². The summed E-state index contributed by atoms with van der Waals surface area (Å²) in [5.41, 5.74) is -1.47. The molecule has 7 heteroatoms. The van der Waals surface area contributed by atoms with Gasteiger partial charge in [0.1, 0.15) is 5.82 Å². The minimum Gasteiger partial charge on any atom is -0.324 e. The van der Waals surface area contributed by atoms with Crippen molar-refractivity contribution in [1.82, 2.24) is 5.32 Å². The standard InChI is InChI=1S/C13H16F4N2O/c1-8(2)18-6-5-12(20)19-11-7-9(13(15,16)17)3-4-10(11)14/h3-4,7-8,18H,5-6H2,1-2H3,(H,19,20). The molecule has 0 aromatic heterocycles. The summed E-state index contributed by atoms with van der Waals surface area (Å²) in [6.45, 7) is 4.15. The molecule has 112 valence electrons. The molecule has 0 atom stereocenters. The van der Waals surface area contributed by atoms with Crippen LogP contribution in [0.25, 0.3) is 0 Å². The first-order chi connectivity index (χ1) is 9.20. The van der Waals surface area contributed by atoms with E-state index in [0.717, 1.165) is 0 Å². The van der Waals surface area contributed by atoms with Crippen molar-refractivity contribution in [2.45, 2.75) is 32.5 Å². The SMILES string of the molecule is CC(C)NCCC(=O)Nc1cc(C(F)(F)F)ccc1F. The van der Waals surface area contributed by atoms with E-state index in [0.29, 0.717) is 24.7 Å². The summed E-state index contributed by atoms with van der Waals surface area (Å²) in [6, 6.07) is 2.09. The Kier molecular flexibility index (Phi) is 5.50. The largest absolute Gasteiger partial charge is 0.416 e. The Morgan fingerprint density at radius 1 is 1.30 bits per heavy atom. The molecule has 1 aromatic rings. The Bertz CT molecular complexity index is 472. The summed E-state index contributed by atoms with van der Waals surface area (Å²) in [4.78, 5) is 11.5. The van der Waals surface area contributed by atoms with Crippen LogP contribution in [0.2, 0.25) is 0 Å². The van der Waals surface area contributed by atoms with E-state index in [1.165, 1.54) is 0 Å². The zero-order chi connectivity index (χ0) is 15.3. The molecule has 0 aliphatic heterocycles. The molecule has 20 heavy (non-hydrogen) atoms. The number of hydrogen-bond acceptors (Lipinski definition) is 2. The topological polar surface area (TPSA) is 41.1 Å². The number of halogens is 4. The highest BCUT2D eigenvalue weighted by molar-refractivity contribution is 5.91. The van der Waals surface area contributed by atoms with Crippen LogP contribution in [0.15, 0.2) is 18.2 Å². The molecular formula is C13H16F4N2O. The molecule has 1 amide bonds. The number of nitrogens with one attached hydrogen (secondary N) is 2. The van der Waals surface area contributed by atoms with E-state index in [9.17, 15) is 22.4 Å². The highest BCUT2D eigenvalue weighted by Gasteiger charge is 2.31. The highest BCUT2D eigenvalue weighted by Crippen LogP contribution is 2.31. The fraction of sp³-hybridized carbons (Fsp3) is 0.462. The van der Waals surface area contributed by atoms with Gasteiger partial charge in [-0.15, -0.1) is 0 Å². The molecule has 0 bridgehead atoms. The van der Waals surface area contributed by atoms with Gasteiger partial charge in [-0.25, -0.2) is 4.39 Å². The van der Waals surface area contributed by atoms with Crippen molar-refractivity contribution in [3.63, 3.8) is 0 Å². The number of benzene rings is 1. The van der Waals surface area contributed by atoms with Crippen LogP contribution in [-0.4, -0.2) is 18.5 Å². The van der Waals surface area contributed by atoms with Gasteiger partial charge < -0.3 is 10.6 Å². The van der Waals surface area contributed by atoms with Crippen LogP contribution in [0.5, 0.6) is 0 Å². The number of amides is 1. The Morgan fingerprint density at radius 3 is 2.50 bits per heavy atom. The quantitative estimate of drug-likeness (QED) is 0.818. The first kappa shape index (κ1) is 16.4. The number of alkyl halides is 3. The molecule has 0 saturated heterocycles. The number of carbonyl (C=O) groups excluding carboxylic acids is 1. The van der Waals surface area contributed by atoms with Gasteiger partial charge in [0, 0.05) is 19.0 Å². The highest BCUT2D eigenvalue weighted by atomic mass is 19.4. The second-order valence-corrected chi connectivity index (χ2v) is 4.60. The van der Waals surface area contributed by atoms with E-state index in [1.807, 2.05) is 13.8 Å². The van der Waals surface area contributed by atoms with Gasteiger partial charge in [0.15, 0.2) is 0 Å². The number of hydrogen-bond donors (Lipinski definition) is 2. The number of carbonyl (C=O) groups is 1. The molecule has 3 nitrogen and oxygen atoms in total. The van der Waals surface area contributed by atoms with Crippen LogP contribution in [-0.2, 0) is 11.0 Å². The molecule has 0 aliphatic rings. The summed E-state index contributed by atoms with van der Waals surface area (Å²) < 4.78 is 50.8. The van der Waals surface area contributed by atoms with Crippen molar-refractivity contribution < 1.29 is 22.4 Å². The van der Waals surface area contributed by atoms with Crippen molar-refractivity contribution in [1.29, 1.82) is 0 Å². The molecule has 0 radical (unpaired) electrons. The molecule has 0 fully saturated rings. The fourth-order valence-corrected chi connectivity index (χ4v) is 1.48. The molecule has 1 aromatic carbocycles. The van der Waals surface area contributed by atoms with E-state index >= 15 is 0 Å². The van der Waals surface area contributed by atoms with Crippen molar-refractivity contribution >= 4 is 11.6 Å². The summed E-state index contributed by atoms with van der Waals surface area (Å²) >= 11 is 0. The van der Waals surface area contributed by atoms with E-state index in [2.05, 4.69) is 10.6 Å². The first-order valence-electron chi connectivity index (χ1n) is 6.10. The van der Waals surface area contributed by atoms with Gasteiger partial charge in [-0.1, -0.05) is 13.8 Å². The first-order valence-corrected chi connectivity index (χ1v) is 6.10. The van der Waals surface area contributed by atoms with Crippen LogP contribution >= 0.6 is 0 Å². The van der Waals surface area contributed by atoms with Gasteiger partial charge >= 0.3 is 6.18 Å². The molecule has 0 aliphatic carbocycles. The average molecular weight is 292 g/mol. The normalized spacial score (nSPS) is 11.8. The van der Waals surface area contributed by atoms with Gasteiger partial charge in [-0.2, -0.15) is 13.2 Å². The number of rotatable bonds is 5. The fourth-order valence-electron chi connectivity index (χ4n) is 1.48. The minimum absolute atomic E-state index is 0.0495. The van der Waals surface area contributed by atoms with Crippen molar-refractivity contribution in [2.24, 2.45) is 0 Å². The lowest BCUT2D eigenvalue weighted by Gasteiger charge is -2.11. The van der Waals surface area contributed by atoms with E-state index < -0.39 is 29.2 Å². The van der Waals surface area contributed by atoms with Crippen LogP contribution in [0, 0.1) is 5.82 Å². The molecule has 1 rings (SSSR count). The zero-order valence-corrected chi connectivity index (χ0v) is 11.1. The third-order valence-electron chi connectivity index (χ3n) is 2.47. The monoisotopic (exact) mass is 292 g/mol. The Labute approximate surface area is 114 Å². The molecule has 0 heterocycles. The molecule has 2 N–H and O–H groups in total. The maximum absolute atomic E-state index is 13.4. The second-order valence-electron chi connectivity index (χ2n) is 4.60. The lowest BCUT2D eigenvalue weighted by atomic mass is 10.2. The zero-order valence-electron chi connectivity index (χ0n) is 11.1. The van der Waals surface area contributed by atoms with Gasteiger partial charge in [0.2, 0.25) is 5.91 Å². The van der Waals surface area contributed by atoms with E-state index in [4.69, 9.17) is 0 Å². The smallest absolute Gasteiger partial charge is 0.324 e. The Balaban J connectivity index is 2.69. The van der Waals surface area contributed by atoms with Crippen molar-refractivity contribution in [3.8, 4) is 0 Å². The third-order valence-corrected chi connectivity index (χ3v) is 2.47. The van der Waals surface area contributed by atoms with Crippen LogP contribution in [0.1, 0.15) is 25.8 Å².